The number of benzene rings is 2. The number of ether oxygens (including phenoxy) is 1. The van der Waals surface area contributed by atoms with E-state index in [4.69, 9.17) is 4.74 Å². The topological polar surface area (TPSA) is 21.6 Å². The first kappa shape index (κ1) is 9.66. The van der Waals surface area contributed by atoms with Gasteiger partial charge in [-0.15, -0.1) is 0 Å². The van der Waals surface area contributed by atoms with Gasteiger partial charge in [0.05, 0.1) is 11.9 Å². The highest BCUT2D eigenvalue weighted by Gasteiger charge is 2.19. The minimum absolute atomic E-state index is 0.695. The molecule has 0 N–H and O–H groups in total. The molecule has 2 aliphatic rings. The second-order valence-corrected chi connectivity index (χ2v) is 4.47. The lowest BCUT2D eigenvalue weighted by atomic mass is 10.0. The van der Waals surface area contributed by atoms with Crippen molar-refractivity contribution in [1.29, 1.82) is 0 Å². The molecule has 0 unspecified atom stereocenters. The molecule has 0 saturated heterocycles. The second kappa shape index (κ2) is 3.57. The normalized spacial score (nSPS) is 15.6. The van der Waals surface area contributed by atoms with E-state index in [0.717, 1.165) is 33.2 Å². The van der Waals surface area contributed by atoms with Crippen molar-refractivity contribution in [2.45, 2.75) is 0 Å². The maximum atomic E-state index is 6.05. The number of fused-ring (bicyclic) bond motifs is 3. The van der Waals surface area contributed by atoms with E-state index in [9.17, 15) is 0 Å². The van der Waals surface area contributed by atoms with Gasteiger partial charge in [0.25, 0.3) is 0 Å². The Morgan fingerprint density at radius 3 is 2.78 bits per heavy atom. The van der Waals surface area contributed by atoms with Gasteiger partial charge in [0.1, 0.15) is 11.5 Å². The first-order chi connectivity index (χ1) is 8.92. The third-order valence-corrected chi connectivity index (χ3v) is 3.32. The van der Waals surface area contributed by atoms with Crippen LogP contribution in [-0.2, 0) is 0 Å². The number of hydrogen-bond acceptors (Lipinski definition) is 2. The van der Waals surface area contributed by atoms with Gasteiger partial charge in [-0.05, 0) is 24.3 Å². The van der Waals surface area contributed by atoms with Gasteiger partial charge < -0.3 is 4.74 Å². The van der Waals surface area contributed by atoms with Gasteiger partial charge in [-0.25, -0.2) is 0 Å². The van der Waals surface area contributed by atoms with E-state index in [1.54, 1.807) is 0 Å². The fourth-order valence-corrected chi connectivity index (χ4v) is 2.44. The molecule has 0 aliphatic carbocycles. The highest BCUT2D eigenvalue weighted by atomic mass is 16.5. The van der Waals surface area contributed by atoms with Crippen molar-refractivity contribution in [3.63, 3.8) is 0 Å². The van der Waals surface area contributed by atoms with Crippen LogP contribution >= 0.6 is 0 Å². The molecule has 0 aromatic heterocycles. The molecule has 86 valence electrons. The zero-order chi connectivity index (χ0) is 11.9. The number of hydrogen-bond donors (Lipinski definition) is 0. The van der Waals surface area contributed by atoms with E-state index < -0.39 is 0 Å². The van der Waals surface area contributed by atoms with Gasteiger partial charge in [-0.1, -0.05) is 30.3 Å². The maximum absolute atomic E-state index is 6.05. The Morgan fingerprint density at radius 2 is 1.78 bits per heavy atom. The molecule has 2 nitrogen and oxygen atoms in total. The Morgan fingerprint density at radius 1 is 0.944 bits per heavy atom. The largest absolute Gasteiger partial charge is 0.456 e. The molecule has 2 aromatic rings. The van der Waals surface area contributed by atoms with Crippen LogP contribution in [0.2, 0.25) is 0 Å². The Hall–Kier alpha value is -2.35. The summed E-state index contributed by atoms with van der Waals surface area (Å²) < 4.78 is 6.05. The summed E-state index contributed by atoms with van der Waals surface area (Å²) in [7, 11) is 0. The molecule has 4 rings (SSSR count). The van der Waals surface area contributed by atoms with Gasteiger partial charge in [0.2, 0.25) is 0 Å². The number of nitrogens with zero attached hydrogens (tertiary/aromatic N) is 1. The third-order valence-electron chi connectivity index (χ3n) is 3.32. The molecular weight excluding hydrogens is 222 g/mol. The summed E-state index contributed by atoms with van der Waals surface area (Å²) >= 11 is 0. The smallest absolute Gasteiger partial charge is 0.141 e. The highest BCUT2D eigenvalue weighted by Crippen LogP contribution is 2.31. The summed E-state index contributed by atoms with van der Waals surface area (Å²) in [4.78, 5) is 4.58. The van der Waals surface area contributed by atoms with Crippen LogP contribution in [0.5, 0.6) is 5.75 Å². The zero-order valence-electron chi connectivity index (χ0n) is 9.76. The van der Waals surface area contributed by atoms with Crippen molar-refractivity contribution in [3.8, 4) is 5.75 Å². The van der Waals surface area contributed by atoms with E-state index in [0.29, 0.717) is 6.54 Å². The fourth-order valence-electron chi connectivity index (χ4n) is 2.44. The second-order valence-electron chi connectivity index (χ2n) is 4.47. The summed E-state index contributed by atoms with van der Waals surface area (Å²) in [5.41, 5.74) is 2.29. The monoisotopic (exact) mass is 233 g/mol. The van der Waals surface area contributed by atoms with Crippen molar-refractivity contribution in [3.05, 3.63) is 70.2 Å². The predicted molar refractivity (Wildman–Crippen MR) is 70.5 cm³/mol. The van der Waals surface area contributed by atoms with Crippen molar-refractivity contribution in [2.24, 2.45) is 4.99 Å². The minimum atomic E-state index is 0.695. The Bertz CT molecular complexity index is 787. The average molecular weight is 233 g/mol. The highest BCUT2D eigenvalue weighted by molar-refractivity contribution is 5.78. The van der Waals surface area contributed by atoms with Crippen LogP contribution < -0.4 is 15.3 Å². The molecule has 0 radical (unpaired) electrons. The molecule has 18 heavy (non-hydrogen) atoms. The van der Waals surface area contributed by atoms with Gasteiger partial charge in [-0.3, -0.25) is 4.99 Å². The molecule has 0 fully saturated rings. The summed E-state index contributed by atoms with van der Waals surface area (Å²) in [5, 5.41) is 2.11. The van der Waals surface area contributed by atoms with E-state index >= 15 is 0 Å². The molecule has 2 heterocycles. The molecule has 0 atom stereocenters. The molecule has 0 bridgehead atoms. The molecule has 0 spiro atoms. The Labute approximate surface area is 105 Å². The summed E-state index contributed by atoms with van der Waals surface area (Å²) in [6.45, 7) is 0.695. The lowest BCUT2D eigenvalue weighted by molar-refractivity contribution is 0.499. The Balaban J connectivity index is 2.05. The molecule has 2 heteroatoms. The van der Waals surface area contributed by atoms with E-state index in [2.05, 4.69) is 23.2 Å². The molecule has 0 saturated carbocycles. The van der Waals surface area contributed by atoms with Gasteiger partial charge in [0.15, 0.2) is 0 Å². The van der Waals surface area contributed by atoms with Crippen molar-refractivity contribution in [1.82, 2.24) is 0 Å². The quantitative estimate of drug-likeness (QED) is 0.681. The molecule has 2 aromatic carbocycles. The average Bonchev–Trinajstić information content (AvgIpc) is 2.45. The van der Waals surface area contributed by atoms with E-state index in [1.807, 2.05) is 36.4 Å². The maximum Gasteiger partial charge on any atom is 0.141 e. The van der Waals surface area contributed by atoms with Crippen LogP contribution in [0.4, 0.5) is 0 Å². The number of para-hydroxylation sites is 2. The Kier molecular flexibility index (Phi) is 1.92. The lowest BCUT2D eigenvalue weighted by Crippen LogP contribution is -2.34. The summed E-state index contributed by atoms with van der Waals surface area (Å²) in [6, 6.07) is 16.2. The first-order valence-electron chi connectivity index (χ1n) is 6.03. The van der Waals surface area contributed by atoms with Crippen LogP contribution in [0.15, 0.2) is 59.1 Å². The van der Waals surface area contributed by atoms with Crippen molar-refractivity contribution in [2.75, 3.05) is 6.54 Å². The molecule has 0 amide bonds. The first-order valence-corrected chi connectivity index (χ1v) is 6.03. The van der Waals surface area contributed by atoms with Crippen LogP contribution in [-0.4, -0.2) is 6.54 Å². The standard InChI is InChI=1S/C16H11NO/c1-4-8-15-11(5-1)9-12-10-17-14-7-3-2-6-13(14)16(12)18-15/h1-9H,10H2. The van der Waals surface area contributed by atoms with Crippen molar-refractivity contribution < 1.29 is 4.74 Å². The van der Waals surface area contributed by atoms with E-state index in [-0.39, 0.29) is 0 Å². The third kappa shape index (κ3) is 1.32. The minimum Gasteiger partial charge on any atom is -0.456 e. The number of rotatable bonds is 0. The molecule has 2 aliphatic heterocycles. The predicted octanol–water partition coefficient (Wildman–Crippen LogP) is 1.90. The fraction of sp³-hybridized carbons (Fsp3) is 0.0625. The van der Waals surface area contributed by atoms with Crippen LogP contribution in [0.1, 0.15) is 5.56 Å². The van der Waals surface area contributed by atoms with Crippen LogP contribution in [0.25, 0.3) is 11.8 Å². The lowest BCUT2D eigenvalue weighted by Gasteiger charge is -2.21. The zero-order valence-corrected chi connectivity index (χ0v) is 9.76. The van der Waals surface area contributed by atoms with E-state index in [1.165, 1.54) is 0 Å². The SMILES string of the molecule is C1=C2CN=c3ccccc3=C2Oc2ccccc21. The summed E-state index contributed by atoms with van der Waals surface area (Å²) in [5.74, 6) is 1.88. The van der Waals surface area contributed by atoms with Crippen LogP contribution in [0, 0.1) is 0 Å². The van der Waals surface area contributed by atoms with Gasteiger partial charge in [0, 0.05) is 16.4 Å². The van der Waals surface area contributed by atoms with Gasteiger partial charge in [-0.2, -0.15) is 0 Å². The van der Waals surface area contributed by atoms with Gasteiger partial charge >= 0.3 is 0 Å². The van der Waals surface area contributed by atoms with Crippen LogP contribution in [0.3, 0.4) is 0 Å². The van der Waals surface area contributed by atoms with Crippen molar-refractivity contribution >= 4 is 11.8 Å². The molecular formula is C16H11NO. The summed E-state index contributed by atoms with van der Waals surface area (Å²) in [6.07, 6.45) is 2.17.